The first-order chi connectivity index (χ1) is 10.2. The fourth-order valence-electron chi connectivity index (χ4n) is 1.97. The number of hydrogen-bond acceptors (Lipinski definition) is 3. The summed E-state index contributed by atoms with van der Waals surface area (Å²) in [6.07, 6.45) is 4.93. The summed E-state index contributed by atoms with van der Waals surface area (Å²) >= 11 is 0. The van der Waals surface area contributed by atoms with Crippen LogP contribution in [0.4, 0.5) is 0 Å². The Bertz CT molecular complexity index is 650. The fraction of sp³-hybridized carbons (Fsp3) is 0.353. The Morgan fingerprint density at radius 3 is 2.95 bits per heavy atom. The van der Waals surface area contributed by atoms with Gasteiger partial charge in [0.2, 0.25) is 0 Å². The van der Waals surface area contributed by atoms with Crippen molar-refractivity contribution in [3.63, 3.8) is 0 Å². The lowest BCUT2D eigenvalue weighted by molar-refractivity contribution is 0.305. The third-order valence-electron chi connectivity index (χ3n) is 3.10. The molecule has 21 heavy (non-hydrogen) atoms. The number of nitrogens with zero attached hydrogens (tertiary/aromatic N) is 2. The van der Waals surface area contributed by atoms with Crippen molar-refractivity contribution in [2.24, 2.45) is 7.05 Å². The van der Waals surface area contributed by atoms with Gasteiger partial charge in [-0.05, 0) is 24.6 Å². The Hall–Kier alpha value is -2.25. The van der Waals surface area contributed by atoms with Crippen LogP contribution in [0, 0.1) is 18.8 Å². The minimum atomic E-state index is 0.0775. The first-order valence-corrected chi connectivity index (χ1v) is 7.00. The molecule has 1 heterocycles. The molecule has 2 aromatic rings. The van der Waals surface area contributed by atoms with Crippen LogP contribution in [0.2, 0.25) is 0 Å². The van der Waals surface area contributed by atoms with Crippen LogP contribution in [0.15, 0.2) is 30.6 Å². The zero-order valence-corrected chi connectivity index (χ0v) is 12.5. The van der Waals surface area contributed by atoms with Crippen LogP contribution in [0.25, 0.3) is 0 Å². The van der Waals surface area contributed by atoms with Crippen molar-refractivity contribution in [2.75, 3.05) is 13.2 Å². The molecule has 4 nitrogen and oxygen atoms in total. The molecule has 1 N–H and O–H groups in total. The van der Waals surface area contributed by atoms with Gasteiger partial charge in [0, 0.05) is 32.3 Å². The molecule has 4 heteroatoms. The maximum Gasteiger partial charge on any atom is 0.134 e. The quantitative estimate of drug-likeness (QED) is 0.855. The Kier molecular flexibility index (Phi) is 5.42. The molecule has 0 saturated carbocycles. The van der Waals surface area contributed by atoms with E-state index in [-0.39, 0.29) is 6.61 Å². The second kappa shape index (κ2) is 7.51. The van der Waals surface area contributed by atoms with Crippen LogP contribution in [0.5, 0.6) is 5.75 Å². The topological polar surface area (TPSA) is 47.3 Å². The number of imidazole rings is 1. The van der Waals surface area contributed by atoms with Crippen LogP contribution in [0.1, 0.15) is 23.4 Å². The van der Waals surface area contributed by atoms with Crippen LogP contribution >= 0.6 is 0 Å². The maximum atomic E-state index is 8.80. The summed E-state index contributed by atoms with van der Waals surface area (Å²) in [7, 11) is 1.97. The monoisotopic (exact) mass is 284 g/mol. The average Bonchev–Trinajstić information content (AvgIpc) is 2.87. The van der Waals surface area contributed by atoms with Gasteiger partial charge in [-0.3, -0.25) is 0 Å². The summed E-state index contributed by atoms with van der Waals surface area (Å²) < 4.78 is 7.82. The lowest BCUT2D eigenvalue weighted by Gasteiger charge is -2.09. The summed E-state index contributed by atoms with van der Waals surface area (Å²) in [6, 6.07) is 5.95. The molecular weight excluding hydrogens is 264 g/mol. The highest BCUT2D eigenvalue weighted by Crippen LogP contribution is 2.19. The molecule has 1 aromatic carbocycles. The van der Waals surface area contributed by atoms with Crippen molar-refractivity contribution >= 4 is 0 Å². The van der Waals surface area contributed by atoms with Crippen molar-refractivity contribution in [1.82, 2.24) is 9.55 Å². The number of hydrogen-bond donors (Lipinski definition) is 1. The van der Waals surface area contributed by atoms with Crippen LogP contribution in [-0.4, -0.2) is 27.9 Å². The molecule has 0 spiro atoms. The van der Waals surface area contributed by atoms with Crippen molar-refractivity contribution in [3.05, 3.63) is 47.5 Å². The number of aromatic nitrogens is 2. The van der Waals surface area contributed by atoms with E-state index < -0.39 is 0 Å². The highest BCUT2D eigenvalue weighted by atomic mass is 16.5. The van der Waals surface area contributed by atoms with E-state index in [2.05, 4.69) is 16.8 Å². The summed E-state index contributed by atoms with van der Waals surface area (Å²) in [5.74, 6) is 7.76. The van der Waals surface area contributed by atoms with Crippen LogP contribution < -0.4 is 4.74 Å². The van der Waals surface area contributed by atoms with Crippen molar-refractivity contribution in [2.45, 2.75) is 19.8 Å². The van der Waals surface area contributed by atoms with Gasteiger partial charge in [-0.2, -0.15) is 0 Å². The number of ether oxygens (including phenoxy) is 1. The van der Waals surface area contributed by atoms with E-state index >= 15 is 0 Å². The van der Waals surface area contributed by atoms with Crippen molar-refractivity contribution in [3.8, 4) is 17.6 Å². The summed E-state index contributed by atoms with van der Waals surface area (Å²) in [4.78, 5) is 4.27. The van der Waals surface area contributed by atoms with E-state index in [0.29, 0.717) is 13.0 Å². The first kappa shape index (κ1) is 15.1. The Balaban J connectivity index is 2.02. The van der Waals surface area contributed by atoms with Crippen LogP contribution in [0.3, 0.4) is 0 Å². The lowest BCUT2D eigenvalue weighted by atomic mass is 10.1. The van der Waals surface area contributed by atoms with Gasteiger partial charge in [-0.25, -0.2) is 4.98 Å². The second-order valence-corrected chi connectivity index (χ2v) is 4.83. The molecule has 0 fully saturated rings. The molecule has 2 rings (SSSR count). The molecule has 0 bridgehead atoms. The third-order valence-corrected chi connectivity index (χ3v) is 3.10. The van der Waals surface area contributed by atoms with Crippen molar-refractivity contribution in [1.29, 1.82) is 0 Å². The summed E-state index contributed by atoms with van der Waals surface area (Å²) in [6.45, 7) is 2.66. The summed E-state index contributed by atoms with van der Waals surface area (Å²) in [5.41, 5.74) is 2.00. The third kappa shape index (κ3) is 4.37. The van der Waals surface area contributed by atoms with Gasteiger partial charge in [0.05, 0.1) is 18.8 Å². The Labute approximate surface area is 125 Å². The van der Waals surface area contributed by atoms with E-state index in [1.165, 1.54) is 0 Å². The van der Waals surface area contributed by atoms with Gasteiger partial charge in [0.15, 0.2) is 0 Å². The SMILES string of the molecule is Cc1ccc(OCCc2nccn2C)c(C#CCCO)c1. The van der Waals surface area contributed by atoms with Crippen molar-refractivity contribution < 1.29 is 9.84 Å². The zero-order valence-electron chi connectivity index (χ0n) is 12.5. The molecule has 0 saturated heterocycles. The smallest absolute Gasteiger partial charge is 0.134 e. The van der Waals surface area contributed by atoms with E-state index in [1.807, 2.05) is 42.9 Å². The lowest BCUT2D eigenvalue weighted by Crippen LogP contribution is -2.07. The molecule has 1 aromatic heterocycles. The first-order valence-electron chi connectivity index (χ1n) is 7.00. The predicted octanol–water partition coefficient (Wildman–Crippen LogP) is 2.08. The van der Waals surface area contributed by atoms with Gasteiger partial charge in [0.1, 0.15) is 11.6 Å². The molecule has 0 unspecified atom stereocenters. The van der Waals surface area contributed by atoms with Gasteiger partial charge in [-0.1, -0.05) is 17.9 Å². The van der Waals surface area contributed by atoms with E-state index in [4.69, 9.17) is 9.84 Å². The number of aliphatic hydroxyl groups is 1. The number of aryl methyl sites for hydroxylation is 2. The molecule has 0 aliphatic rings. The molecule has 0 atom stereocenters. The largest absolute Gasteiger partial charge is 0.492 e. The van der Waals surface area contributed by atoms with E-state index in [1.54, 1.807) is 6.20 Å². The number of benzene rings is 1. The highest BCUT2D eigenvalue weighted by molar-refractivity contribution is 5.48. The van der Waals surface area contributed by atoms with Gasteiger partial charge in [-0.15, -0.1) is 0 Å². The number of rotatable bonds is 5. The number of aliphatic hydroxyl groups excluding tert-OH is 1. The predicted molar refractivity (Wildman–Crippen MR) is 82.2 cm³/mol. The zero-order chi connectivity index (χ0) is 15.1. The Morgan fingerprint density at radius 1 is 1.38 bits per heavy atom. The molecule has 0 amide bonds. The highest BCUT2D eigenvalue weighted by Gasteiger charge is 2.04. The molecule has 0 radical (unpaired) electrons. The van der Waals surface area contributed by atoms with Gasteiger partial charge >= 0.3 is 0 Å². The minimum absolute atomic E-state index is 0.0775. The molecule has 110 valence electrons. The maximum absolute atomic E-state index is 8.80. The molecular formula is C17H20N2O2. The fourth-order valence-corrected chi connectivity index (χ4v) is 1.97. The second-order valence-electron chi connectivity index (χ2n) is 4.83. The average molecular weight is 284 g/mol. The van der Waals surface area contributed by atoms with Crippen LogP contribution in [-0.2, 0) is 13.5 Å². The van der Waals surface area contributed by atoms with Gasteiger partial charge < -0.3 is 14.4 Å². The van der Waals surface area contributed by atoms with Gasteiger partial charge in [0.25, 0.3) is 0 Å². The standard InChI is InChI=1S/C17H20N2O2/c1-14-6-7-16(15(13-14)5-3-4-11-20)21-12-8-17-18-9-10-19(17)2/h6-7,9-10,13,20H,4,8,11-12H2,1-2H3. The Morgan fingerprint density at radius 2 is 2.24 bits per heavy atom. The summed E-state index contributed by atoms with van der Waals surface area (Å²) in [5, 5.41) is 8.80. The molecule has 0 aliphatic carbocycles. The normalized spacial score (nSPS) is 10.0. The van der Waals surface area contributed by atoms with E-state index in [0.717, 1.165) is 29.1 Å². The van der Waals surface area contributed by atoms with E-state index in [9.17, 15) is 0 Å². The minimum Gasteiger partial charge on any atom is -0.492 e. The molecule has 0 aliphatic heterocycles.